The Morgan fingerprint density at radius 2 is 2.20 bits per heavy atom. The molecule has 0 bridgehead atoms. The zero-order chi connectivity index (χ0) is 11.4. The molecule has 6 heteroatoms. The van der Waals surface area contributed by atoms with Crippen LogP contribution in [0, 0.1) is 6.92 Å². The number of anilines is 1. The lowest BCUT2D eigenvalue weighted by Gasteiger charge is -2.01. The van der Waals surface area contributed by atoms with E-state index in [4.69, 9.17) is 5.11 Å². The first kappa shape index (κ1) is 11.2. The van der Waals surface area contributed by atoms with Crippen molar-refractivity contribution in [3.63, 3.8) is 0 Å². The minimum Gasteiger partial charge on any atom is -0.477 e. The molecule has 0 saturated heterocycles. The maximum atomic E-state index is 11.2. The molecule has 15 heavy (non-hydrogen) atoms. The number of hydrogen-bond acceptors (Lipinski definition) is 3. The highest BCUT2D eigenvalue weighted by Crippen LogP contribution is 2.15. The fraction of sp³-hybridized carbons (Fsp3) is 0.444. The van der Waals surface area contributed by atoms with Crippen molar-refractivity contribution >= 4 is 17.7 Å². The van der Waals surface area contributed by atoms with E-state index in [0.29, 0.717) is 18.5 Å². The van der Waals surface area contributed by atoms with Crippen LogP contribution in [-0.4, -0.2) is 27.2 Å². The molecule has 0 spiro atoms. The molecule has 0 aromatic carbocycles. The number of aromatic nitrogens is 2. The molecule has 0 aliphatic rings. The van der Waals surface area contributed by atoms with Crippen molar-refractivity contribution in [3.05, 3.63) is 11.3 Å². The maximum absolute atomic E-state index is 11.2. The minimum absolute atomic E-state index is 0.0134. The summed E-state index contributed by atoms with van der Waals surface area (Å²) in [6.07, 6.45) is 1.06. The molecule has 1 aromatic heterocycles. The van der Waals surface area contributed by atoms with Crippen molar-refractivity contribution in [2.75, 3.05) is 5.32 Å². The van der Waals surface area contributed by atoms with Crippen LogP contribution in [0.1, 0.15) is 35.8 Å². The van der Waals surface area contributed by atoms with Gasteiger partial charge in [-0.05, 0) is 13.3 Å². The second-order valence-corrected chi connectivity index (χ2v) is 3.18. The summed E-state index contributed by atoms with van der Waals surface area (Å²) in [5.41, 5.74) is 0.439. The zero-order valence-electron chi connectivity index (χ0n) is 8.63. The summed E-state index contributed by atoms with van der Waals surface area (Å²) in [5.74, 6) is -1.25. The number of hydrogen-bond donors (Lipinski definition) is 3. The Bertz CT molecular complexity index is 384. The number of carboxylic acids is 1. The molecule has 1 rings (SSSR count). The van der Waals surface area contributed by atoms with Crippen LogP contribution < -0.4 is 5.32 Å². The third kappa shape index (κ3) is 2.55. The van der Waals surface area contributed by atoms with Gasteiger partial charge in [-0.25, -0.2) is 4.79 Å². The van der Waals surface area contributed by atoms with E-state index in [-0.39, 0.29) is 17.3 Å². The lowest BCUT2D eigenvalue weighted by molar-refractivity contribution is -0.116. The van der Waals surface area contributed by atoms with Gasteiger partial charge >= 0.3 is 5.97 Å². The van der Waals surface area contributed by atoms with Gasteiger partial charge in [-0.3, -0.25) is 9.89 Å². The molecule has 0 saturated carbocycles. The molecule has 1 amide bonds. The highest BCUT2D eigenvalue weighted by molar-refractivity contribution is 6.00. The molecule has 0 atom stereocenters. The normalized spacial score (nSPS) is 10.0. The summed E-state index contributed by atoms with van der Waals surface area (Å²) in [6, 6.07) is 0. The third-order valence-corrected chi connectivity index (χ3v) is 1.90. The molecule has 82 valence electrons. The molecule has 0 aliphatic heterocycles. The predicted molar refractivity (Wildman–Crippen MR) is 53.8 cm³/mol. The van der Waals surface area contributed by atoms with Crippen LogP contribution in [0.3, 0.4) is 0 Å². The first-order chi connectivity index (χ1) is 7.06. The highest BCUT2D eigenvalue weighted by atomic mass is 16.4. The topological polar surface area (TPSA) is 95.1 Å². The number of H-pyrrole nitrogens is 1. The fourth-order valence-electron chi connectivity index (χ4n) is 1.20. The van der Waals surface area contributed by atoms with Gasteiger partial charge in [-0.2, -0.15) is 5.10 Å². The van der Waals surface area contributed by atoms with E-state index in [0.717, 1.165) is 0 Å². The van der Waals surface area contributed by atoms with Crippen molar-refractivity contribution in [1.82, 2.24) is 10.2 Å². The smallest absolute Gasteiger partial charge is 0.341 e. The van der Waals surface area contributed by atoms with E-state index < -0.39 is 5.97 Å². The van der Waals surface area contributed by atoms with Crippen LogP contribution in [0.2, 0.25) is 0 Å². The lowest BCUT2D eigenvalue weighted by Crippen LogP contribution is -2.13. The Hall–Kier alpha value is -1.85. The standard InChI is InChI=1S/C9H13N3O3/c1-3-4-6(13)10-8-7(9(14)15)5(2)11-12-8/h3-4H2,1-2H3,(H,14,15)(H2,10,11,12,13). The van der Waals surface area contributed by atoms with Gasteiger partial charge in [0.25, 0.3) is 0 Å². The second kappa shape index (κ2) is 4.59. The van der Waals surface area contributed by atoms with Crippen molar-refractivity contribution in [2.24, 2.45) is 0 Å². The number of aromatic carboxylic acids is 1. The number of nitrogens with one attached hydrogen (secondary N) is 2. The third-order valence-electron chi connectivity index (χ3n) is 1.90. The average Bonchev–Trinajstić information content (AvgIpc) is 2.47. The highest BCUT2D eigenvalue weighted by Gasteiger charge is 2.18. The number of amides is 1. The predicted octanol–water partition coefficient (Wildman–Crippen LogP) is 1.15. The molecule has 1 aromatic rings. The van der Waals surface area contributed by atoms with Crippen molar-refractivity contribution in [2.45, 2.75) is 26.7 Å². The van der Waals surface area contributed by atoms with Gasteiger partial charge in [0.05, 0.1) is 0 Å². The van der Waals surface area contributed by atoms with E-state index in [9.17, 15) is 9.59 Å². The average molecular weight is 211 g/mol. The molecule has 6 nitrogen and oxygen atoms in total. The Morgan fingerprint density at radius 1 is 1.53 bits per heavy atom. The Morgan fingerprint density at radius 3 is 2.73 bits per heavy atom. The summed E-state index contributed by atoms with van der Waals surface area (Å²) < 4.78 is 0. The van der Waals surface area contributed by atoms with Gasteiger partial charge in [-0.1, -0.05) is 6.92 Å². The number of aryl methyl sites for hydroxylation is 1. The summed E-state index contributed by atoms with van der Waals surface area (Å²) >= 11 is 0. The van der Waals surface area contributed by atoms with Crippen molar-refractivity contribution in [3.8, 4) is 0 Å². The zero-order valence-corrected chi connectivity index (χ0v) is 8.63. The van der Waals surface area contributed by atoms with E-state index in [1.165, 1.54) is 0 Å². The van der Waals surface area contributed by atoms with Crippen LogP contribution in [-0.2, 0) is 4.79 Å². The molecule has 1 heterocycles. The summed E-state index contributed by atoms with van der Waals surface area (Å²) in [6.45, 7) is 3.46. The number of carboxylic acid groups (broad SMARTS) is 1. The minimum atomic E-state index is -1.10. The van der Waals surface area contributed by atoms with Crippen molar-refractivity contribution in [1.29, 1.82) is 0 Å². The maximum Gasteiger partial charge on any atom is 0.341 e. The number of aromatic amines is 1. The largest absolute Gasteiger partial charge is 0.477 e. The number of rotatable bonds is 4. The lowest BCUT2D eigenvalue weighted by atomic mass is 10.2. The monoisotopic (exact) mass is 211 g/mol. The molecule has 0 fully saturated rings. The fourth-order valence-corrected chi connectivity index (χ4v) is 1.20. The number of nitrogens with zero attached hydrogens (tertiary/aromatic N) is 1. The Kier molecular flexibility index (Phi) is 3.43. The summed E-state index contributed by atoms with van der Waals surface area (Å²) in [4.78, 5) is 22.1. The summed E-state index contributed by atoms with van der Waals surface area (Å²) in [7, 11) is 0. The second-order valence-electron chi connectivity index (χ2n) is 3.18. The van der Waals surface area contributed by atoms with Crippen LogP contribution in [0.5, 0.6) is 0 Å². The van der Waals surface area contributed by atoms with E-state index in [2.05, 4.69) is 15.5 Å². The molecule has 0 unspecified atom stereocenters. The van der Waals surface area contributed by atoms with E-state index in [1.807, 2.05) is 6.92 Å². The quantitative estimate of drug-likeness (QED) is 0.696. The molecule has 0 aliphatic carbocycles. The van der Waals surface area contributed by atoms with Crippen LogP contribution >= 0.6 is 0 Å². The SMILES string of the molecule is CCCC(=O)Nc1n[nH]c(C)c1C(=O)O. The molecular weight excluding hydrogens is 198 g/mol. The van der Waals surface area contributed by atoms with E-state index in [1.54, 1.807) is 6.92 Å². The Balaban J connectivity index is 2.86. The van der Waals surface area contributed by atoms with Gasteiger partial charge in [0.1, 0.15) is 5.56 Å². The van der Waals surface area contributed by atoms with Gasteiger partial charge in [0, 0.05) is 12.1 Å². The number of carbonyl (C=O) groups is 2. The van der Waals surface area contributed by atoms with Gasteiger partial charge in [-0.15, -0.1) is 0 Å². The summed E-state index contributed by atoms with van der Waals surface area (Å²) in [5, 5.41) is 17.6. The van der Waals surface area contributed by atoms with Gasteiger partial charge in [0.2, 0.25) is 5.91 Å². The molecule has 3 N–H and O–H groups in total. The van der Waals surface area contributed by atoms with Crippen LogP contribution in [0.4, 0.5) is 5.82 Å². The van der Waals surface area contributed by atoms with Crippen LogP contribution in [0.15, 0.2) is 0 Å². The van der Waals surface area contributed by atoms with E-state index >= 15 is 0 Å². The number of carbonyl (C=O) groups excluding carboxylic acids is 1. The molecule has 0 radical (unpaired) electrons. The van der Waals surface area contributed by atoms with Crippen LogP contribution in [0.25, 0.3) is 0 Å². The first-order valence-corrected chi connectivity index (χ1v) is 4.64. The van der Waals surface area contributed by atoms with Gasteiger partial charge < -0.3 is 10.4 Å². The van der Waals surface area contributed by atoms with Crippen molar-refractivity contribution < 1.29 is 14.7 Å². The Labute approximate surface area is 86.7 Å². The van der Waals surface area contributed by atoms with Gasteiger partial charge in [0.15, 0.2) is 5.82 Å². The molecular formula is C9H13N3O3. The first-order valence-electron chi connectivity index (χ1n) is 4.64.